The van der Waals surface area contributed by atoms with Crippen LogP contribution in [0.3, 0.4) is 0 Å². The van der Waals surface area contributed by atoms with Crippen molar-refractivity contribution in [2.24, 2.45) is 5.92 Å². The molecule has 0 aromatic heterocycles. The van der Waals surface area contributed by atoms with Crippen molar-refractivity contribution in [1.82, 2.24) is 5.32 Å². The first-order valence-electron chi connectivity index (χ1n) is 6.07. The quantitative estimate of drug-likeness (QED) is 0.729. The lowest BCUT2D eigenvalue weighted by molar-refractivity contribution is 0.360. The molecule has 0 bridgehead atoms. The summed E-state index contributed by atoms with van der Waals surface area (Å²) < 4.78 is 0. The summed E-state index contributed by atoms with van der Waals surface area (Å²) in [4.78, 5) is 0. The Labute approximate surface area is 93.4 Å². The number of hydrogen-bond donors (Lipinski definition) is 1. The highest BCUT2D eigenvalue weighted by molar-refractivity contribution is 7.99. The number of hydrogen-bond acceptors (Lipinski definition) is 2. The Morgan fingerprint density at radius 1 is 1.29 bits per heavy atom. The summed E-state index contributed by atoms with van der Waals surface area (Å²) in [5.74, 6) is 3.45. The van der Waals surface area contributed by atoms with E-state index in [0.717, 1.165) is 12.0 Å². The highest BCUT2D eigenvalue weighted by Crippen LogP contribution is 2.27. The van der Waals surface area contributed by atoms with Crippen LogP contribution < -0.4 is 5.32 Å². The Bertz CT molecular complexity index is 143. The van der Waals surface area contributed by atoms with E-state index in [4.69, 9.17) is 0 Å². The van der Waals surface area contributed by atoms with E-state index < -0.39 is 0 Å². The van der Waals surface area contributed by atoms with Gasteiger partial charge in [-0.3, -0.25) is 0 Å². The monoisotopic (exact) mass is 215 g/mol. The third-order valence-corrected chi connectivity index (χ3v) is 4.37. The lowest BCUT2D eigenvalue weighted by Crippen LogP contribution is -2.40. The Morgan fingerprint density at radius 3 is 2.50 bits per heavy atom. The average Bonchev–Trinajstić information content (AvgIpc) is 2.67. The van der Waals surface area contributed by atoms with Crippen LogP contribution in [0.15, 0.2) is 0 Å². The molecule has 0 heterocycles. The molecule has 1 aliphatic carbocycles. The topological polar surface area (TPSA) is 12.0 Å². The lowest BCUT2D eigenvalue weighted by atomic mass is 9.99. The van der Waals surface area contributed by atoms with Crippen LogP contribution in [0, 0.1) is 5.92 Å². The maximum atomic E-state index is 3.74. The first-order valence-corrected chi connectivity index (χ1v) is 7.23. The molecule has 2 heteroatoms. The second-order valence-corrected chi connectivity index (χ2v) is 5.88. The SMILES string of the molecule is CCSCC(C)NC(C)C1CCCC1. The minimum atomic E-state index is 0.676. The van der Waals surface area contributed by atoms with Gasteiger partial charge in [0.25, 0.3) is 0 Å². The molecule has 0 aromatic rings. The van der Waals surface area contributed by atoms with Gasteiger partial charge in [0.1, 0.15) is 0 Å². The van der Waals surface area contributed by atoms with Gasteiger partial charge in [-0.2, -0.15) is 11.8 Å². The standard InChI is InChI=1S/C12H25NS/c1-4-14-9-10(2)13-11(3)12-7-5-6-8-12/h10-13H,4-9H2,1-3H3. The maximum absolute atomic E-state index is 3.74. The summed E-state index contributed by atoms with van der Waals surface area (Å²) in [7, 11) is 0. The molecule has 1 rings (SSSR count). The summed E-state index contributed by atoms with van der Waals surface area (Å²) in [6, 6.07) is 1.40. The molecule has 14 heavy (non-hydrogen) atoms. The first-order chi connectivity index (χ1) is 6.74. The fourth-order valence-corrected chi connectivity index (χ4v) is 3.07. The van der Waals surface area contributed by atoms with Gasteiger partial charge in [-0.1, -0.05) is 19.8 Å². The third-order valence-electron chi connectivity index (χ3n) is 3.23. The molecule has 0 radical (unpaired) electrons. The number of nitrogens with one attached hydrogen (secondary N) is 1. The van der Waals surface area contributed by atoms with E-state index >= 15 is 0 Å². The fraction of sp³-hybridized carbons (Fsp3) is 1.00. The van der Waals surface area contributed by atoms with Crippen molar-refractivity contribution in [3.05, 3.63) is 0 Å². The fourth-order valence-electron chi connectivity index (χ4n) is 2.38. The molecule has 2 unspecified atom stereocenters. The van der Waals surface area contributed by atoms with Crippen LogP contribution in [0.5, 0.6) is 0 Å². The number of rotatable bonds is 6. The molecule has 0 amide bonds. The summed E-state index contributed by atoms with van der Waals surface area (Å²) in [6.07, 6.45) is 5.80. The van der Waals surface area contributed by atoms with Crippen molar-refractivity contribution < 1.29 is 0 Å². The molecule has 0 spiro atoms. The molecule has 0 saturated heterocycles. The smallest absolute Gasteiger partial charge is 0.0132 e. The van der Waals surface area contributed by atoms with E-state index in [-0.39, 0.29) is 0 Å². The molecule has 1 saturated carbocycles. The molecule has 1 aliphatic rings. The van der Waals surface area contributed by atoms with E-state index in [2.05, 4.69) is 26.1 Å². The second kappa shape index (κ2) is 6.73. The van der Waals surface area contributed by atoms with Gasteiger partial charge >= 0.3 is 0 Å². The van der Waals surface area contributed by atoms with Crippen molar-refractivity contribution in [1.29, 1.82) is 0 Å². The largest absolute Gasteiger partial charge is 0.311 e. The molecular weight excluding hydrogens is 190 g/mol. The Balaban J connectivity index is 2.14. The third kappa shape index (κ3) is 4.22. The van der Waals surface area contributed by atoms with Crippen molar-refractivity contribution in [2.75, 3.05) is 11.5 Å². The van der Waals surface area contributed by atoms with Gasteiger partial charge in [0.05, 0.1) is 0 Å². The van der Waals surface area contributed by atoms with Crippen LogP contribution in [-0.2, 0) is 0 Å². The van der Waals surface area contributed by atoms with E-state index in [1.54, 1.807) is 0 Å². The Morgan fingerprint density at radius 2 is 1.93 bits per heavy atom. The van der Waals surface area contributed by atoms with Gasteiger partial charge in [-0.05, 0) is 38.4 Å². The Hall–Kier alpha value is 0.310. The van der Waals surface area contributed by atoms with Gasteiger partial charge < -0.3 is 5.32 Å². The zero-order valence-corrected chi connectivity index (χ0v) is 10.7. The van der Waals surface area contributed by atoms with Gasteiger partial charge in [-0.25, -0.2) is 0 Å². The normalized spacial score (nSPS) is 22.5. The zero-order chi connectivity index (χ0) is 10.4. The highest BCUT2D eigenvalue weighted by atomic mass is 32.2. The van der Waals surface area contributed by atoms with Gasteiger partial charge in [0, 0.05) is 17.8 Å². The molecule has 1 nitrogen and oxygen atoms in total. The molecule has 0 aromatic carbocycles. The van der Waals surface area contributed by atoms with Crippen LogP contribution in [0.2, 0.25) is 0 Å². The van der Waals surface area contributed by atoms with Crippen LogP contribution in [-0.4, -0.2) is 23.6 Å². The minimum Gasteiger partial charge on any atom is -0.311 e. The van der Waals surface area contributed by atoms with Crippen LogP contribution in [0.1, 0.15) is 46.5 Å². The Kier molecular flexibility index (Phi) is 5.95. The van der Waals surface area contributed by atoms with Crippen molar-refractivity contribution in [3.63, 3.8) is 0 Å². The summed E-state index contributed by atoms with van der Waals surface area (Å²) in [5.41, 5.74) is 0. The summed E-state index contributed by atoms with van der Waals surface area (Å²) >= 11 is 2.04. The maximum Gasteiger partial charge on any atom is 0.0132 e. The molecule has 84 valence electrons. The predicted molar refractivity (Wildman–Crippen MR) is 67.0 cm³/mol. The van der Waals surface area contributed by atoms with Crippen molar-refractivity contribution in [3.8, 4) is 0 Å². The molecule has 0 aliphatic heterocycles. The first kappa shape index (κ1) is 12.4. The zero-order valence-electron chi connectivity index (χ0n) is 9.88. The van der Waals surface area contributed by atoms with E-state index in [1.165, 1.54) is 37.2 Å². The van der Waals surface area contributed by atoms with E-state index in [9.17, 15) is 0 Å². The van der Waals surface area contributed by atoms with Crippen LogP contribution in [0.4, 0.5) is 0 Å². The lowest BCUT2D eigenvalue weighted by Gasteiger charge is -2.24. The predicted octanol–water partition coefficient (Wildman–Crippen LogP) is 3.30. The summed E-state index contributed by atoms with van der Waals surface area (Å²) in [6.45, 7) is 6.91. The van der Waals surface area contributed by atoms with Crippen LogP contribution >= 0.6 is 11.8 Å². The minimum absolute atomic E-state index is 0.676. The molecular formula is C12H25NS. The summed E-state index contributed by atoms with van der Waals surface area (Å²) in [5, 5.41) is 3.74. The van der Waals surface area contributed by atoms with E-state index in [0.29, 0.717) is 6.04 Å². The van der Waals surface area contributed by atoms with Crippen LogP contribution in [0.25, 0.3) is 0 Å². The van der Waals surface area contributed by atoms with Gasteiger partial charge in [0.15, 0.2) is 0 Å². The van der Waals surface area contributed by atoms with Crippen molar-refractivity contribution in [2.45, 2.75) is 58.5 Å². The molecule has 1 N–H and O–H groups in total. The molecule has 1 fully saturated rings. The number of thioether (sulfide) groups is 1. The second-order valence-electron chi connectivity index (χ2n) is 4.56. The van der Waals surface area contributed by atoms with Crippen molar-refractivity contribution >= 4 is 11.8 Å². The average molecular weight is 215 g/mol. The molecule has 2 atom stereocenters. The highest BCUT2D eigenvalue weighted by Gasteiger charge is 2.22. The van der Waals surface area contributed by atoms with Gasteiger partial charge in [0.2, 0.25) is 0 Å². The van der Waals surface area contributed by atoms with E-state index in [1.807, 2.05) is 11.8 Å². The van der Waals surface area contributed by atoms with Gasteiger partial charge in [-0.15, -0.1) is 0 Å².